The summed E-state index contributed by atoms with van der Waals surface area (Å²) in [6.45, 7) is 2.79. The highest BCUT2D eigenvalue weighted by Gasteiger charge is 2.21. The maximum atomic E-state index is 13.4. The van der Waals surface area contributed by atoms with Crippen LogP contribution in [-0.4, -0.2) is 44.8 Å². The number of carbonyl (C=O) groups excluding carboxylic acids is 2. The average molecular weight is 544 g/mol. The molecule has 210 valence electrons. The molecule has 2 aliphatic rings. The van der Waals surface area contributed by atoms with Crippen LogP contribution in [0.4, 0.5) is 5.69 Å². The van der Waals surface area contributed by atoms with Crippen LogP contribution in [-0.2, 0) is 17.8 Å². The summed E-state index contributed by atoms with van der Waals surface area (Å²) in [4.78, 5) is 28.3. The fourth-order valence-electron chi connectivity index (χ4n) is 5.04. The molecule has 0 saturated heterocycles. The van der Waals surface area contributed by atoms with E-state index in [-0.39, 0.29) is 25.2 Å². The Balaban J connectivity index is 1.28. The zero-order valence-electron chi connectivity index (χ0n) is 22.8. The molecule has 0 bridgehead atoms. The third-order valence-electron chi connectivity index (χ3n) is 7.23. The van der Waals surface area contributed by atoms with Gasteiger partial charge in [0, 0.05) is 30.9 Å². The Hall–Kier alpha value is -4.04. The topological polar surface area (TPSA) is 89.1 Å². The normalized spacial score (nSPS) is 15.3. The van der Waals surface area contributed by atoms with Gasteiger partial charge in [-0.15, -0.1) is 0 Å². The summed E-state index contributed by atoms with van der Waals surface area (Å²) in [6.07, 6.45) is 6.11. The van der Waals surface area contributed by atoms with Crippen molar-refractivity contribution in [3.63, 3.8) is 0 Å². The number of benzene rings is 3. The first-order valence-corrected chi connectivity index (χ1v) is 14.2. The Labute approximate surface area is 235 Å². The Bertz CT molecular complexity index is 1300. The van der Waals surface area contributed by atoms with Crippen LogP contribution in [0.5, 0.6) is 17.2 Å². The Morgan fingerprint density at radius 1 is 0.900 bits per heavy atom. The predicted octanol–water partition coefficient (Wildman–Crippen LogP) is 4.85. The van der Waals surface area contributed by atoms with Crippen LogP contribution in [0.1, 0.15) is 53.6 Å². The highest BCUT2D eigenvalue weighted by molar-refractivity contribution is 5.98. The molecular formula is C32H37N3O5. The maximum Gasteiger partial charge on any atom is 0.264 e. The van der Waals surface area contributed by atoms with Gasteiger partial charge in [0.1, 0.15) is 5.75 Å². The lowest BCUT2D eigenvalue weighted by Gasteiger charge is -2.26. The summed E-state index contributed by atoms with van der Waals surface area (Å²) in [5.74, 6) is 1.92. The second kappa shape index (κ2) is 13.8. The third-order valence-corrected chi connectivity index (χ3v) is 7.23. The van der Waals surface area contributed by atoms with E-state index in [1.807, 2.05) is 65.6 Å². The number of hydrogen-bond donors (Lipinski definition) is 2. The van der Waals surface area contributed by atoms with E-state index in [1.54, 1.807) is 6.07 Å². The Morgan fingerprint density at radius 2 is 1.73 bits per heavy atom. The van der Waals surface area contributed by atoms with E-state index >= 15 is 0 Å². The van der Waals surface area contributed by atoms with Gasteiger partial charge in [-0.05, 0) is 79.4 Å². The van der Waals surface area contributed by atoms with Crippen LogP contribution in [0, 0.1) is 0 Å². The van der Waals surface area contributed by atoms with Crippen LogP contribution in [0.2, 0.25) is 0 Å². The molecule has 0 aliphatic carbocycles. The van der Waals surface area contributed by atoms with Crippen molar-refractivity contribution in [3.05, 3.63) is 83.4 Å². The maximum absolute atomic E-state index is 13.4. The lowest BCUT2D eigenvalue weighted by molar-refractivity contribution is -0.120. The van der Waals surface area contributed by atoms with Gasteiger partial charge in [-0.3, -0.25) is 9.59 Å². The van der Waals surface area contributed by atoms with Crippen molar-refractivity contribution >= 4 is 17.5 Å². The molecular weight excluding hydrogens is 506 g/mol. The van der Waals surface area contributed by atoms with Gasteiger partial charge in [-0.2, -0.15) is 0 Å². The van der Waals surface area contributed by atoms with Crippen LogP contribution in [0.3, 0.4) is 0 Å². The minimum absolute atomic E-state index is 0.0427. The molecule has 0 unspecified atom stereocenters. The van der Waals surface area contributed by atoms with Gasteiger partial charge in [-0.1, -0.05) is 43.5 Å². The third kappa shape index (κ3) is 7.33. The van der Waals surface area contributed by atoms with Crippen molar-refractivity contribution in [1.29, 1.82) is 0 Å². The molecule has 2 amide bonds. The molecule has 2 N–H and O–H groups in total. The molecule has 2 aliphatic heterocycles. The Kier molecular flexibility index (Phi) is 9.53. The van der Waals surface area contributed by atoms with Crippen LogP contribution in [0.25, 0.3) is 0 Å². The number of fused-ring (bicyclic) bond motifs is 2. The first-order valence-electron chi connectivity index (χ1n) is 14.2. The van der Waals surface area contributed by atoms with Crippen molar-refractivity contribution in [2.45, 2.75) is 45.1 Å². The van der Waals surface area contributed by atoms with Gasteiger partial charge in [0.25, 0.3) is 11.8 Å². The zero-order valence-corrected chi connectivity index (χ0v) is 22.8. The minimum Gasteiger partial charge on any atom is -0.484 e. The SMILES string of the molecule is O=C(NCCc1ccc2c(c1)OCO2)c1ccc2c(c1)CNCCCCCCCN2C(=O)COc1ccccc1. The summed E-state index contributed by atoms with van der Waals surface area (Å²) < 4.78 is 16.6. The summed E-state index contributed by atoms with van der Waals surface area (Å²) in [7, 11) is 0. The number of carbonyl (C=O) groups is 2. The van der Waals surface area contributed by atoms with Crippen molar-refractivity contribution in [1.82, 2.24) is 10.6 Å². The largest absolute Gasteiger partial charge is 0.484 e. The van der Waals surface area contributed by atoms with Crippen molar-refractivity contribution in [2.75, 3.05) is 37.9 Å². The van der Waals surface area contributed by atoms with Gasteiger partial charge >= 0.3 is 0 Å². The molecule has 8 heteroatoms. The highest BCUT2D eigenvalue weighted by Crippen LogP contribution is 2.32. The van der Waals surface area contributed by atoms with E-state index in [0.717, 1.165) is 67.0 Å². The van der Waals surface area contributed by atoms with Gasteiger partial charge in [-0.25, -0.2) is 0 Å². The summed E-state index contributed by atoms with van der Waals surface area (Å²) in [5.41, 5.74) is 3.40. The number of nitrogens with zero attached hydrogens (tertiary/aromatic N) is 1. The molecule has 0 aromatic heterocycles. The fourth-order valence-corrected chi connectivity index (χ4v) is 5.04. The Morgan fingerprint density at radius 3 is 2.62 bits per heavy atom. The first kappa shape index (κ1) is 27.5. The standard InChI is InChI=1S/C32H37N3O5/c36-31(22-38-27-9-5-4-6-10-27)35-18-8-3-1-2-7-16-33-21-26-20-25(12-13-28(26)35)32(37)34-17-15-24-11-14-29-30(19-24)40-23-39-29/h4-6,9-14,19-20,33H,1-3,7-8,15-18,21-23H2,(H,34,37). The van der Waals surface area contributed by atoms with Crippen molar-refractivity contribution in [3.8, 4) is 17.2 Å². The smallest absolute Gasteiger partial charge is 0.264 e. The number of hydrogen-bond acceptors (Lipinski definition) is 6. The molecule has 8 nitrogen and oxygen atoms in total. The minimum atomic E-state index is -0.139. The van der Waals surface area contributed by atoms with Crippen LogP contribution in [0.15, 0.2) is 66.7 Å². The lowest BCUT2D eigenvalue weighted by atomic mass is 10.0. The van der Waals surface area contributed by atoms with Gasteiger partial charge in [0.2, 0.25) is 6.79 Å². The van der Waals surface area contributed by atoms with E-state index in [1.165, 1.54) is 0 Å². The molecule has 5 rings (SSSR count). The van der Waals surface area contributed by atoms with E-state index in [9.17, 15) is 9.59 Å². The van der Waals surface area contributed by atoms with Crippen LogP contribution < -0.4 is 29.7 Å². The number of ether oxygens (including phenoxy) is 3. The van der Waals surface area contributed by atoms with E-state index in [2.05, 4.69) is 10.6 Å². The molecule has 0 radical (unpaired) electrons. The second-order valence-corrected chi connectivity index (χ2v) is 10.1. The molecule has 0 atom stereocenters. The number of amides is 2. The number of rotatable bonds is 7. The van der Waals surface area contributed by atoms with E-state index < -0.39 is 0 Å². The molecule has 0 saturated carbocycles. The number of anilines is 1. The summed E-state index contributed by atoms with van der Waals surface area (Å²) >= 11 is 0. The first-order chi connectivity index (χ1) is 19.7. The summed E-state index contributed by atoms with van der Waals surface area (Å²) in [5, 5.41) is 6.54. The number of para-hydroxylation sites is 1. The molecule has 3 aromatic rings. The molecule has 0 fully saturated rings. The van der Waals surface area contributed by atoms with Crippen molar-refractivity contribution in [2.24, 2.45) is 0 Å². The molecule has 3 aromatic carbocycles. The van der Waals surface area contributed by atoms with E-state index in [4.69, 9.17) is 14.2 Å². The molecule has 0 spiro atoms. The summed E-state index contributed by atoms with van der Waals surface area (Å²) in [6, 6.07) is 20.8. The highest BCUT2D eigenvalue weighted by atomic mass is 16.7. The second-order valence-electron chi connectivity index (χ2n) is 10.1. The molecule has 2 heterocycles. The van der Waals surface area contributed by atoms with E-state index in [0.29, 0.717) is 37.4 Å². The quantitative estimate of drug-likeness (QED) is 0.443. The van der Waals surface area contributed by atoms with Crippen molar-refractivity contribution < 1.29 is 23.8 Å². The van der Waals surface area contributed by atoms with Crippen LogP contribution >= 0.6 is 0 Å². The fraction of sp³-hybridized carbons (Fsp3) is 0.375. The zero-order chi connectivity index (χ0) is 27.6. The predicted molar refractivity (Wildman–Crippen MR) is 154 cm³/mol. The lowest BCUT2D eigenvalue weighted by Crippen LogP contribution is -2.37. The van der Waals surface area contributed by atoms with Gasteiger partial charge < -0.3 is 29.7 Å². The van der Waals surface area contributed by atoms with Gasteiger partial charge in [0.15, 0.2) is 18.1 Å². The van der Waals surface area contributed by atoms with Gasteiger partial charge in [0.05, 0.1) is 0 Å². The number of nitrogens with one attached hydrogen (secondary N) is 2. The monoisotopic (exact) mass is 543 g/mol. The molecule has 40 heavy (non-hydrogen) atoms. The average Bonchev–Trinajstić information content (AvgIpc) is 3.45.